The van der Waals surface area contributed by atoms with Crippen LogP contribution in [0.25, 0.3) is 0 Å². The van der Waals surface area contributed by atoms with Gasteiger partial charge in [-0.2, -0.15) is 0 Å². The van der Waals surface area contributed by atoms with Crippen LogP contribution < -0.4 is 0 Å². The van der Waals surface area contributed by atoms with Crippen molar-refractivity contribution in [2.24, 2.45) is 5.92 Å². The van der Waals surface area contributed by atoms with E-state index in [2.05, 4.69) is 20.9 Å². The third-order valence-corrected chi connectivity index (χ3v) is 10.4. The van der Waals surface area contributed by atoms with Crippen LogP contribution in [0.4, 0.5) is 0 Å². The van der Waals surface area contributed by atoms with E-state index in [1.165, 1.54) is 153 Å². The number of unbranched alkanes of at least 4 members (excludes halogenated alkanes) is 18. The molecule has 2 atom stereocenters. The molecule has 6 nitrogen and oxygen atoms in total. The number of hydrogen-bond acceptors (Lipinski definition) is 4. The lowest BCUT2D eigenvalue weighted by molar-refractivity contribution is -0.914. The lowest BCUT2D eigenvalue weighted by Crippen LogP contribution is -2.48. The first-order valence-corrected chi connectivity index (χ1v) is 20.4. The van der Waals surface area contributed by atoms with Gasteiger partial charge in [-0.1, -0.05) is 123 Å². The normalized spacial score (nSPS) is 17.2. The van der Waals surface area contributed by atoms with Crippen LogP contribution in [0.3, 0.4) is 0 Å². The third-order valence-electron chi connectivity index (χ3n) is 9.41. The Balaban J connectivity index is 1.94. The maximum absolute atomic E-state index is 12.4. The van der Waals surface area contributed by atoms with Gasteiger partial charge >= 0.3 is 7.82 Å². The number of hydrogen-bond donors (Lipinski definition) is 1. The minimum absolute atomic E-state index is 0.134. The van der Waals surface area contributed by atoms with E-state index in [1.807, 2.05) is 0 Å². The summed E-state index contributed by atoms with van der Waals surface area (Å²) in [7, 11) is -1.57. The van der Waals surface area contributed by atoms with Gasteiger partial charge in [-0.05, 0) is 51.4 Å². The number of likely N-dealkylation sites (tertiary alicyclic amines) is 1. The summed E-state index contributed by atoms with van der Waals surface area (Å²) < 4.78 is 30.2. The van der Waals surface area contributed by atoms with Gasteiger partial charge in [0.05, 0.1) is 46.5 Å². The van der Waals surface area contributed by atoms with E-state index >= 15 is 0 Å². The van der Waals surface area contributed by atoms with Crippen LogP contribution in [0.1, 0.15) is 174 Å². The van der Waals surface area contributed by atoms with Crippen molar-refractivity contribution in [3.63, 3.8) is 0 Å². The highest BCUT2D eigenvalue weighted by Gasteiger charge is 2.24. The maximum Gasteiger partial charge on any atom is 0.472 e. The van der Waals surface area contributed by atoms with Gasteiger partial charge in [0.25, 0.3) is 0 Å². The van der Waals surface area contributed by atoms with Crippen molar-refractivity contribution in [3.05, 3.63) is 0 Å². The van der Waals surface area contributed by atoms with Gasteiger partial charge < -0.3 is 14.1 Å². The van der Waals surface area contributed by atoms with Crippen LogP contribution in [-0.2, 0) is 18.3 Å². The van der Waals surface area contributed by atoms with Crippen molar-refractivity contribution in [2.45, 2.75) is 174 Å². The maximum atomic E-state index is 12.4. The van der Waals surface area contributed by atoms with Crippen molar-refractivity contribution in [1.29, 1.82) is 0 Å². The number of quaternary nitrogens is 1. The van der Waals surface area contributed by atoms with Crippen molar-refractivity contribution >= 4 is 7.82 Å². The summed E-state index contributed by atoms with van der Waals surface area (Å²) >= 11 is 0. The molecular weight excluding hydrogens is 557 g/mol. The molecule has 0 aromatic carbocycles. The van der Waals surface area contributed by atoms with Gasteiger partial charge in [0.15, 0.2) is 0 Å². The lowest BCUT2D eigenvalue weighted by Gasteiger charge is -2.37. The molecule has 1 N–H and O–H groups in total. The van der Waals surface area contributed by atoms with Crippen LogP contribution >= 0.6 is 7.82 Å². The molecule has 0 aromatic heterocycles. The number of nitrogens with zero attached hydrogens (tertiary/aromatic N) is 1. The van der Waals surface area contributed by atoms with E-state index in [9.17, 15) is 9.46 Å². The fourth-order valence-electron chi connectivity index (χ4n) is 6.49. The van der Waals surface area contributed by atoms with Crippen molar-refractivity contribution < 1.29 is 27.7 Å². The minimum atomic E-state index is -3.99. The quantitative estimate of drug-likeness (QED) is 0.0454. The molecule has 1 saturated heterocycles. The summed E-state index contributed by atoms with van der Waals surface area (Å²) in [5.74, 6) is 0.134. The van der Waals surface area contributed by atoms with Crippen molar-refractivity contribution in [2.75, 3.05) is 53.1 Å². The van der Waals surface area contributed by atoms with E-state index in [1.54, 1.807) is 0 Å². The summed E-state index contributed by atoms with van der Waals surface area (Å²) in [6.45, 7) is 10.3. The average molecular weight is 633 g/mol. The highest BCUT2D eigenvalue weighted by Crippen LogP contribution is 2.44. The molecule has 0 spiro atoms. The summed E-state index contributed by atoms with van der Waals surface area (Å²) in [4.78, 5) is 10.1. The van der Waals surface area contributed by atoms with E-state index < -0.39 is 7.82 Å². The molecular formula is C36H75NO5P+. The molecule has 258 valence electrons. The molecule has 0 radical (unpaired) electrons. The zero-order chi connectivity index (χ0) is 31.3. The van der Waals surface area contributed by atoms with E-state index in [0.717, 1.165) is 38.7 Å². The number of piperidine rings is 1. The molecule has 1 heterocycles. The van der Waals surface area contributed by atoms with Gasteiger partial charge in [0, 0.05) is 12.5 Å². The predicted molar refractivity (Wildman–Crippen MR) is 184 cm³/mol. The molecule has 0 bridgehead atoms. The zero-order valence-electron chi connectivity index (χ0n) is 29.2. The molecule has 0 aliphatic carbocycles. The number of phosphoric ester groups is 1. The van der Waals surface area contributed by atoms with Crippen LogP contribution in [-0.4, -0.2) is 62.5 Å². The minimum Gasteiger partial charge on any atom is -0.381 e. The second-order valence-corrected chi connectivity index (χ2v) is 15.3. The predicted octanol–water partition coefficient (Wildman–Crippen LogP) is 11.0. The molecule has 1 fully saturated rings. The van der Waals surface area contributed by atoms with Gasteiger partial charge in [-0.3, -0.25) is 9.05 Å². The SMILES string of the molecule is CCCCCCCCCCCCCCCCOCC(CCC)COP(=O)(O)OCCCCCCCC[N+]1(C)CCCCC1. The topological polar surface area (TPSA) is 65.0 Å². The number of rotatable bonds is 32. The molecule has 0 saturated carbocycles. The van der Waals surface area contributed by atoms with Gasteiger partial charge in [-0.25, -0.2) is 4.57 Å². The molecule has 2 unspecified atom stereocenters. The Bertz CT molecular complexity index is 643. The summed E-state index contributed by atoms with van der Waals surface area (Å²) in [6.07, 6.45) is 32.0. The van der Waals surface area contributed by atoms with Gasteiger partial charge in [0.2, 0.25) is 0 Å². The van der Waals surface area contributed by atoms with Crippen molar-refractivity contribution in [1.82, 2.24) is 0 Å². The van der Waals surface area contributed by atoms with Crippen molar-refractivity contribution in [3.8, 4) is 0 Å². The first-order valence-electron chi connectivity index (χ1n) is 18.9. The van der Waals surface area contributed by atoms with Crippen LogP contribution in [0.15, 0.2) is 0 Å². The summed E-state index contributed by atoms with van der Waals surface area (Å²) in [6, 6.07) is 0. The first kappa shape index (κ1) is 41.1. The van der Waals surface area contributed by atoms with E-state index in [-0.39, 0.29) is 19.1 Å². The fraction of sp³-hybridized carbons (Fsp3) is 1.00. The standard InChI is InChI=1S/C36H74NO5P/c1-4-6-7-8-9-10-11-12-13-14-15-17-20-26-32-40-34-36(28-5-2)35-42-43(38,39)41-33-27-21-18-16-19-23-29-37(3)30-24-22-25-31-37/h36H,4-35H2,1-3H3/p+1. The largest absolute Gasteiger partial charge is 0.472 e. The highest BCUT2D eigenvalue weighted by molar-refractivity contribution is 7.47. The van der Waals surface area contributed by atoms with E-state index in [4.69, 9.17) is 13.8 Å². The van der Waals surface area contributed by atoms with Gasteiger partial charge in [0.1, 0.15) is 0 Å². The Morgan fingerprint density at radius 2 is 1.09 bits per heavy atom. The molecule has 0 aromatic rings. The molecule has 1 aliphatic heterocycles. The molecule has 0 amide bonds. The summed E-state index contributed by atoms with van der Waals surface area (Å²) in [5.41, 5.74) is 0. The van der Waals surface area contributed by atoms with Crippen LogP contribution in [0.2, 0.25) is 0 Å². The Hall–Kier alpha value is 0.0300. The molecule has 1 rings (SSSR count). The average Bonchev–Trinajstić information content (AvgIpc) is 2.99. The number of ether oxygens (including phenoxy) is 1. The molecule has 1 aliphatic rings. The molecule has 43 heavy (non-hydrogen) atoms. The summed E-state index contributed by atoms with van der Waals surface area (Å²) in [5, 5.41) is 0. The third kappa shape index (κ3) is 25.9. The van der Waals surface area contributed by atoms with E-state index in [0.29, 0.717) is 6.61 Å². The Morgan fingerprint density at radius 3 is 1.63 bits per heavy atom. The fourth-order valence-corrected chi connectivity index (χ4v) is 7.32. The number of phosphoric acid groups is 1. The van der Waals surface area contributed by atoms with Gasteiger partial charge in [-0.15, -0.1) is 0 Å². The second-order valence-electron chi connectivity index (χ2n) is 13.9. The van der Waals surface area contributed by atoms with Crippen LogP contribution in [0, 0.1) is 5.92 Å². The smallest absolute Gasteiger partial charge is 0.381 e. The lowest BCUT2D eigenvalue weighted by atomic mass is 10.0. The molecule has 7 heteroatoms. The second kappa shape index (κ2) is 28.3. The van der Waals surface area contributed by atoms with Crippen LogP contribution in [0.5, 0.6) is 0 Å². The Labute approximate surface area is 268 Å². The Kier molecular flexibility index (Phi) is 27.0. The monoisotopic (exact) mass is 633 g/mol. The Morgan fingerprint density at radius 1 is 0.605 bits per heavy atom. The first-order chi connectivity index (χ1) is 20.9. The zero-order valence-corrected chi connectivity index (χ0v) is 30.1. The highest BCUT2D eigenvalue weighted by atomic mass is 31.2.